The number of rotatable bonds is 3. The van der Waals surface area contributed by atoms with Crippen molar-refractivity contribution < 1.29 is 0 Å². The average molecular weight is 457 g/mol. The van der Waals surface area contributed by atoms with Crippen molar-refractivity contribution in [3.05, 3.63) is 113 Å². The molecule has 5 heteroatoms. The van der Waals surface area contributed by atoms with Crippen molar-refractivity contribution in [2.45, 2.75) is 15.7 Å². The van der Waals surface area contributed by atoms with E-state index in [1.54, 1.807) is 23.5 Å². The van der Waals surface area contributed by atoms with Gasteiger partial charge in [-0.2, -0.15) is 5.26 Å². The predicted molar refractivity (Wildman–Crippen MR) is 136 cm³/mol. The standard InChI is InChI=1S/C26H20N2S3/c1-18-10-9-11-19(16-18)23-22(17-27)26(30-24(28-23)29-2)25(31-26,20-12-5-3-6-13-20)21-14-7-4-8-15-21/h3-16H,1-2H3. The first-order valence-electron chi connectivity index (χ1n) is 9.99. The van der Waals surface area contributed by atoms with Gasteiger partial charge in [-0.15, -0.1) is 23.5 Å². The van der Waals surface area contributed by atoms with Gasteiger partial charge in [0, 0.05) is 5.56 Å². The van der Waals surface area contributed by atoms with Crippen molar-refractivity contribution in [1.82, 2.24) is 0 Å². The average Bonchev–Trinajstić information content (AvgIpc) is 3.48. The first kappa shape index (κ1) is 20.5. The van der Waals surface area contributed by atoms with Gasteiger partial charge in [0.25, 0.3) is 0 Å². The highest BCUT2D eigenvalue weighted by Crippen LogP contribution is 2.82. The van der Waals surface area contributed by atoms with Crippen molar-refractivity contribution >= 4 is 45.4 Å². The van der Waals surface area contributed by atoms with Gasteiger partial charge in [0.2, 0.25) is 0 Å². The molecule has 3 aromatic carbocycles. The van der Waals surface area contributed by atoms with Crippen molar-refractivity contribution in [1.29, 1.82) is 5.26 Å². The lowest BCUT2D eigenvalue weighted by atomic mass is 9.84. The van der Waals surface area contributed by atoms with E-state index in [-0.39, 0.29) is 4.75 Å². The highest BCUT2D eigenvalue weighted by atomic mass is 32.2. The Morgan fingerprint density at radius 3 is 2.10 bits per heavy atom. The zero-order valence-corrected chi connectivity index (χ0v) is 19.7. The molecule has 0 amide bonds. The minimum Gasteiger partial charge on any atom is -0.233 e. The van der Waals surface area contributed by atoms with Crippen LogP contribution in [0.15, 0.2) is 95.5 Å². The van der Waals surface area contributed by atoms with Crippen LogP contribution in [0.3, 0.4) is 0 Å². The Kier molecular flexibility index (Phi) is 5.26. The molecule has 1 fully saturated rings. The van der Waals surface area contributed by atoms with Gasteiger partial charge >= 0.3 is 0 Å². The molecule has 1 saturated heterocycles. The van der Waals surface area contributed by atoms with Gasteiger partial charge in [-0.3, -0.25) is 0 Å². The predicted octanol–water partition coefficient (Wildman–Crippen LogP) is 7.08. The molecule has 1 unspecified atom stereocenters. The van der Waals surface area contributed by atoms with Crippen LogP contribution in [0.5, 0.6) is 0 Å². The number of aryl methyl sites for hydroxylation is 1. The van der Waals surface area contributed by atoms with Crippen LogP contribution in [0.2, 0.25) is 0 Å². The first-order valence-corrected chi connectivity index (χ1v) is 12.9. The molecule has 1 spiro atoms. The molecule has 2 aliphatic rings. The molecular weight excluding hydrogens is 437 g/mol. The highest BCUT2D eigenvalue weighted by molar-refractivity contribution is 8.44. The fourth-order valence-corrected chi connectivity index (χ4v) is 8.66. The second-order valence-electron chi connectivity index (χ2n) is 7.52. The number of nitriles is 1. The van der Waals surface area contributed by atoms with Crippen molar-refractivity contribution in [3.8, 4) is 6.07 Å². The summed E-state index contributed by atoms with van der Waals surface area (Å²) in [7, 11) is 0. The molecule has 0 N–H and O–H groups in total. The molecule has 2 aliphatic heterocycles. The summed E-state index contributed by atoms with van der Waals surface area (Å²) in [4.78, 5) is 4.94. The van der Waals surface area contributed by atoms with Gasteiger partial charge in [-0.25, -0.2) is 4.99 Å². The van der Waals surface area contributed by atoms with Crippen LogP contribution in [0.4, 0.5) is 0 Å². The lowest BCUT2D eigenvalue weighted by molar-refractivity contribution is 0.823. The monoisotopic (exact) mass is 456 g/mol. The largest absolute Gasteiger partial charge is 0.233 e. The highest BCUT2D eigenvalue weighted by Gasteiger charge is 2.75. The van der Waals surface area contributed by atoms with Gasteiger partial charge in [0.15, 0.2) is 0 Å². The smallest absolute Gasteiger partial charge is 0.132 e. The Morgan fingerprint density at radius 1 is 0.903 bits per heavy atom. The van der Waals surface area contributed by atoms with E-state index in [1.165, 1.54) is 11.1 Å². The lowest BCUT2D eigenvalue weighted by Gasteiger charge is -2.28. The van der Waals surface area contributed by atoms with Crippen LogP contribution < -0.4 is 0 Å². The molecule has 5 rings (SSSR count). The molecule has 0 radical (unpaired) electrons. The fraction of sp³-hybridized carbons (Fsp3) is 0.154. The molecule has 2 heterocycles. The topological polar surface area (TPSA) is 36.1 Å². The van der Waals surface area contributed by atoms with E-state index >= 15 is 0 Å². The summed E-state index contributed by atoms with van der Waals surface area (Å²) in [6.07, 6.45) is 2.06. The number of aliphatic imine (C=N–C) groups is 1. The van der Waals surface area contributed by atoms with E-state index in [4.69, 9.17) is 4.99 Å². The van der Waals surface area contributed by atoms with Crippen molar-refractivity contribution in [2.75, 3.05) is 6.26 Å². The SMILES string of the molecule is CSC1=NC(c2cccc(C)c2)=C(C#N)C2(S1)SC2(c1ccccc1)c1ccccc1. The van der Waals surface area contributed by atoms with Crippen LogP contribution in [-0.4, -0.2) is 14.7 Å². The second kappa shape index (κ2) is 7.94. The van der Waals surface area contributed by atoms with Gasteiger partial charge in [0.1, 0.15) is 8.45 Å². The minimum absolute atomic E-state index is 0.336. The molecule has 3 aromatic rings. The van der Waals surface area contributed by atoms with E-state index in [1.807, 2.05) is 30.0 Å². The third-order valence-corrected chi connectivity index (χ3v) is 10.2. The Bertz CT molecular complexity index is 1200. The number of thioether (sulfide) groups is 3. The Labute approximate surface area is 195 Å². The molecule has 0 aromatic heterocycles. The summed E-state index contributed by atoms with van der Waals surface area (Å²) in [6.45, 7) is 2.08. The molecule has 152 valence electrons. The van der Waals surface area contributed by atoms with Gasteiger partial charge < -0.3 is 0 Å². The summed E-state index contributed by atoms with van der Waals surface area (Å²) in [5.41, 5.74) is 6.16. The molecule has 0 saturated carbocycles. The van der Waals surface area contributed by atoms with Crippen LogP contribution in [-0.2, 0) is 4.75 Å². The van der Waals surface area contributed by atoms with E-state index in [2.05, 4.69) is 86.0 Å². The number of nitrogens with zero attached hydrogens (tertiary/aromatic N) is 2. The van der Waals surface area contributed by atoms with Crippen LogP contribution >= 0.6 is 35.3 Å². The van der Waals surface area contributed by atoms with Crippen LogP contribution in [0.25, 0.3) is 5.70 Å². The lowest BCUT2D eigenvalue weighted by Crippen LogP contribution is -2.28. The third-order valence-electron chi connectivity index (χ3n) is 5.66. The Balaban J connectivity index is 1.78. The second-order valence-corrected chi connectivity index (χ2v) is 11.5. The van der Waals surface area contributed by atoms with Gasteiger partial charge in [-0.05, 0) is 30.4 Å². The first-order chi connectivity index (χ1) is 15.1. The molecule has 0 aliphatic carbocycles. The van der Waals surface area contributed by atoms with E-state index in [9.17, 15) is 5.26 Å². The third kappa shape index (κ3) is 3.17. The quantitative estimate of drug-likeness (QED) is 0.394. The van der Waals surface area contributed by atoms with Crippen LogP contribution in [0.1, 0.15) is 22.3 Å². The number of hydrogen-bond donors (Lipinski definition) is 0. The summed E-state index contributed by atoms with van der Waals surface area (Å²) in [5, 5.41) is 10.4. The van der Waals surface area contributed by atoms with Gasteiger partial charge in [-0.1, -0.05) is 96.2 Å². The normalized spacial score (nSPS) is 21.5. The maximum Gasteiger partial charge on any atom is 0.132 e. The number of hydrogen-bond acceptors (Lipinski definition) is 5. The summed E-state index contributed by atoms with van der Waals surface area (Å²) in [6, 6.07) is 32.0. The Morgan fingerprint density at radius 2 is 1.55 bits per heavy atom. The summed E-state index contributed by atoms with van der Waals surface area (Å²) < 4.78 is 0.220. The van der Waals surface area contributed by atoms with E-state index < -0.39 is 4.08 Å². The maximum absolute atomic E-state index is 10.4. The molecule has 1 atom stereocenters. The van der Waals surface area contributed by atoms with Crippen LogP contribution in [0, 0.1) is 18.3 Å². The Hall–Kier alpha value is -2.39. The molecule has 2 nitrogen and oxygen atoms in total. The minimum atomic E-state index is -0.441. The van der Waals surface area contributed by atoms with Gasteiger partial charge in [0.05, 0.1) is 22.1 Å². The maximum atomic E-state index is 10.4. The number of benzene rings is 3. The van der Waals surface area contributed by atoms with Crippen molar-refractivity contribution in [2.24, 2.45) is 4.99 Å². The molecule has 31 heavy (non-hydrogen) atoms. The fourth-order valence-electron chi connectivity index (χ4n) is 4.24. The zero-order valence-electron chi connectivity index (χ0n) is 17.2. The summed E-state index contributed by atoms with van der Waals surface area (Å²) >= 11 is 5.23. The zero-order chi connectivity index (χ0) is 21.5. The van der Waals surface area contributed by atoms with E-state index in [0.29, 0.717) is 0 Å². The van der Waals surface area contributed by atoms with Crippen molar-refractivity contribution in [3.63, 3.8) is 0 Å². The van der Waals surface area contributed by atoms with E-state index in [0.717, 1.165) is 26.8 Å². The summed E-state index contributed by atoms with van der Waals surface area (Å²) in [5.74, 6) is 0. The molecular formula is C26H20N2S3. The molecule has 0 bridgehead atoms.